The summed E-state index contributed by atoms with van der Waals surface area (Å²) in [7, 11) is 0. The molecule has 0 aliphatic carbocycles. The molecule has 6 nitrogen and oxygen atoms in total. The van der Waals surface area contributed by atoms with Gasteiger partial charge in [-0.2, -0.15) is 5.26 Å². The standard InChI is InChI=1S/C12H13BrN4O2/c13-10-2-1-9(7-14)12(15-10)17-5-3-16(4-6-17)11(19)8-18/h1-2,18H,3-6,8H2. The number of aliphatic hydroxyl groups is 1. The van der Waals surface area contributed by atoms with Crippen molar-refractivity contribution in [3.63, 3.8) is 0 Å². The van der Waals surface area contributed by atoms with Crippen LogP contribution in [0, 0.1) is 11.3 Å². The van der Waals surface area contributed by atoms with E-state index < -0.39 is 6.61 Å². The van der Waals surface area contributed by atoms with Gasteiger partial charge in [0, 0.05) is 26.2 Å². The van der Waals surface area contributed by atoms with Gasteiger partial charge in [-0.3, -0.25) is 4.79 Å². The van der Waals surface area contributed by atoms with Gasteiger partial charge in [0.1, 0.15) is 23.1 Å². The van der Waals surface area contributed by atoms with Gasteiger partial charge in [-0.1, -0.05) is 0 Å². The number of hydrogen-bond donors (Lipinski definition) is 1. The number of nitriles is 1. The number of aliphatic hydroxyl groups excluding tert-OH is 1. The fraction of sp³-hybridized carbons (Fsp3) is 0.417. The molecule has 0 radical (unpaired) electrons. The van der Waals surface area contributed by atoms with Crippen LogP contribution in [-0.4, -0.2) is 53.7 Å². The quantitative estimate of drug-likeness (QED) is 0.794. The topological polar surface area (TPSA) is 80.5 Å². The largest absolute Gasteiger partial charge is 0.387 e. The van der Waals surface area contributed by atoms with E-state index in [1.807, 2.05) is 4.90 Å². The Bertz CT molecular complexity index is 521. The van der Waals surface area contributed by atoms with Crippen LogP contribution in [0.3, 0.4) is 0 Å². The van der Waals surface area contributed by atoms with Gasteiger partial charge in [0.15, 0.2) is 0 Å². The normalized spacial score (nSPS) is 15.2. The average molecular weight is 325 g/mol. The molecular weight excluding hydrogens is 312 g/mol. The molecule has 19 heavy (non-hydrogen) atoms. The van der Waals surface area contributed by atoms with E-state index in [1.54, 1.807) is 17.0 Å². The Balaban J connectivity index is 2.12. The van der Waals surface area contributed by atoms with Gasteiger partial charge in [-0.15, -0.1) is 0 Å². The van der Waals surface area contributed by atoms with Gasteiger partial charge in [-0.05, 0) is 28.1 Å². The predicted octanol–water partition coefficient (Wildman–Crippen LogP) is 0.357. The summed E-state index contributed by atoms with van der Waals surface area (Å²) in [4.78, 5) is 19.3. The summed E-state index contributed by atoms with van der Waals surface area (Å²) < 4.78 is 0.676. The smallest absolute Gasteiger partial charge is 0.248 e. The molecule has 1 aromatic rings. The highest BCUT2D eigenvalue weighted by Gasteiger charge is 2.23. The molecule has 0 spiro atoms. The number of pyridine rings is 1. The first-order valence-electron chi connectivity index (χ1n) is 5.86. The Morgan fingerprint density at radius 2 is 2.11 bits per heavy atom. The van der Waals surface area contributed by atoms with Crippen molar-refractivity contribution in [2.75, 3.05) is 37.7 Å². The van der Waals surface area contributed by atoms with Crippen LogP contribution in [-0.2, 0) is 4.79 Å². The molecule has 7 heteroatoms. The molecule has 0 unspecified atom stereocenters. The Kier molecular flexibility index (Phi) is 4.35. The molecule has 100 valence electrons. The monoisotopic (exact) mass is 324 g/mol. The highest BCUT2D eigenvalue weighted by Crippen LogP contribution is 2.21. The van der Waals surface area contributed by atoms with Crippen molar-refractivity contribution in [1.82, 2.24) is 9.88 Å². The summed E-state index contributed by atoms with van der Waals surface area (Å²) in [6.07, 6.45) is 0. The van der Waals surface area contributed by atoms with Gasteiger partial charge < -0.3 is 14.9 Å². The molecule has 0 saturated carbocycles. The van der Waals surface area contributed by atoms with E-state index in [0.717, 1.165) is 0 Å². The first-order valence-corrected chi connectivity index (χ1v) is 6.65. The second-order valence-electron chi connectivity index (χ2n) is 4.14. The van der Waals surface area contributed by atoms with Crippen molar-refractivity contribution in [2.24, 2.45) is 0 Å². The third-order valence-corrected chi connectivity index (χ3v) is 3.47. The molecule has 1 aliphatic heterocycles. The van der Waals surface area contributed by atoms with E-state index in [4.69, 9.17) is 10.4 Å². The number of carbonyl (C=O) groups excluding carboxylic acids is 1. The van der Waals surface area contributed by atoms with Crippen LogP contribution in [0.5, 0.6) is 0 Å². The number of anilines is 1. The number of nitrogens with zero attached hydrogens (tertiary/aromatic N) is 4. The molecule has 2 heterocycles. The number of aromatic nitrogens is 1. The van der Waals surface area contributed by atoms with Gasteiger partial charge in [-0.25, -0.2) is 4.98 Å². The molecule has 0 aromatic carbocycles. The van der Waals surface area contributed by atoms with Crippen LogP contribution in [0.1, 0.15) is 5.56 Å². The lowest BCUT2D eigenvalue weighted by Gasteiger charge is -2.35. The number of carbonyl (C=O) groups is 1. The van der Waals surface area contributed by atoms with Crippen molar-refractivity contribution in [2.45, 2.75) is 0 Å². The summed E-state index contributed by atoms with van der Waals surface area (Å²) in [6, 6.07) is 5.57. The number of hydrogen-bond acceptors (Lipinski definition) is 5. The number of amides is 1. The van der Waals surface area contributed by atoms with Crippen LogP contribution >= 0.6 is 15.9 Å². The Labute approximate surface area is 119 Å². The lowest BCUT2D eigenvalue weighted by molar-refractivity contribution is -0.134. The molecule has 0 bridgehead atoms. The zero-order valence-electron chi connectivity index (χ0n) is 10.2. The van der Waals surface area contributed by atoms with Crippen LogP contribution in [0.25, 0.3) is 0 Å². The van der Waals surface area contributed by atoms with Crippen molar-refractivity contribution in [1.29, 1.82) is 5.26 Å². The van der Waals surface area contributed by atoms with E-state index >= 15 is 0 Å². The maximum atomic E-state index is 11.4. The van der Waals surface area contributed by atoms with Crippen molar-refractivity contribution >= 4 is 27.7 Å². The van der Waals surface area contributed by atoms with Crippen molar-refractivity contribution < 1.29 is 9.90 Å². The molecular formula is C12H13BrN4O2. The minimum absolute atomic E-state index is 0.262. The van der Waals surface area contributed by atoms with Crippen molar-refractivity contribution in [3.05, 3.63) is 22.3 Å². The molecule has 1 aromatic heterocycles. The molecule has 1 saturated heterocycles. The predicted molar refractivity (Wildman–Crippen MR) is 72.5 cm³/mol. The molecule has 1 amide bonds. The Morgan fingerprint density at radius 1 is 1.42 bits per heavy atom. The van der Waals surface area contributed by atoms with E-state index in [0.29, 0.717) is 42.2 Å². The summed E-state index contributed by atoms with van der Waals surface area (Å²) in [6.45, 7) is 1.79. The van der Waals surface area contributed by atoms with Gasteiger partial charge in [0.2, 0.25) is 5.91 Å². The van der Waals surface area contributed by atoms with Crippen molar-refractivity contribution in [3.8, 4) is 6.07 Å². The summed E-state index contributed by atoms with van der Waals surface area (Å²) in [5.41, 5.74) is 0.519. The van der Waals surface area contributed by atoms with Gasteiger partial charge in [0.25, 0.3) is 0 Å². The minimum Gasteiger partial charge on any atom is -0.387 e. The maximum Gasteiger partial charge on any atom is 0.248 e. The summed E-state index contributed by atoms with van der Waals surface area (Å²) >= 11 is 3.29. The highest BCUT2D eigenvalue weighted by atomic mass is 79.9. The third kappa shape index (κ3) is 3.03. The molecule has 2 rings (SSSR count). The molecule has 0 atom stereocenters. The number of piperazine rings is 1. The molecule has 1 aliphatic rings. The van der Waals surface area contributed by atoms with E-state index in [9.17, 15) is 4.79 Å². The lowest BCUT2D eigenvalue weighted by atomic mass is 10.2. The first-order chi connectivity index (χ1) is 9.15. The van der Waals surface area contributed by atoms with E-state index in [1.165, 1.54) is 0 Å². The summed E-state index contributed by atoms with van der Waals surface area (Å²) in [5.74, 6) is 0.371. The second kappa shape index (κ2) is 5.99. The molecule has 1 fully saturated rings. The Hall–Kier alpha value is -1.65. The average Bonchev–Trinajstić information content (AvgIpc) is 2.46. The molecule has 1 N–H and O–H groups in total. The van der Waals surface area contributed by atoms with E-state index in [-0.39, 0.29) is 5.91 Å². The van der Waals surface area contributed by atoms with Gasteiger partial charge in [0.05, 0.1) is 5.56 Å². The number of rotatable bonds is 2. The highest BCUT2D eigenvalue weighted by molar-refractivity contribution is 9.10. The lowest BCUT2D eigenvalue weighted by Crippen LogP contribution is -2.50. The second-order valence-corrected chi connectivity index (χ2v) is 4.96. The van der Waals surface area contributed by atoms with E-state index in [2.05, 4.69) is 27.0 Å². The van der Waals surface area contributed by atoms with Crippen LogP contribution in [0.15, 0.2) is 16.7 Å². The van der Waals surface area contributed by atoms with Crippen LogP contribution in [0.4, 0.5) is 5.82 Å². The SMILES string of the molecule is N#Cc1ccc(Br)nc1N1CCN(C(=O)CO)CC1. The van der Waals surface area contributed by atoms with Crippen LogP contribution < -0.4 is 4.90 Å². The van der Waals surface area contributed by atoms with Crippen LogP contribution in [0.2, 0.25) is 0 Å². The zero-order valence-corrected chi connectivity index (χ0v) is 11.8. The Morgan fingerprint density at radius 3 is 2.68 bits per heavy atom. The fourth-order valence-electron chi connectivity index (χ4n) is 2.02. The number of halogens is 1. The summed E-state index contributed by atoms with van der Waals surface area (Å²) in [5, 5.41) is 17.9. The van der Waals surface area contributed by atoms with Gasteiger partial charge >= 0.3 is 0 Å². The fourth-order valence-corrected chi connectivity index (χ4v) is 2.32. The first kappa shape index (κ1) is 13.8. The maximum absolute atomic E-state index is 11.4. The zero-order chi connectivity index (χ0) is 13.8. The minimum atomic E-state index is -0.460. The third-order valence-electron chi connectivity index (χ3n) is 3.03.